The number of carbonyl (C=O) groups excluding carboxylic acids is 2. The number of hydrogen-bond acceptors (Lipinski definition) is 3. The van der Waals surface area contributed by atoms with Gasteiger partial charge in [0.25, 0.3) is 0 Å². The number of amides is 1. The van der Waals surface area contributed by atoms with Gasteiger partial charge in [0.1, 0.15) is 6.10 Å². The number of esters is 1. The molecule has 1 aromatic rings. The van der Waals surface area contributed by atoms with Crippen molar-refractivity contribution in [3.05, 3.63) is 29.3 Å². The molecule has 0 radical (unpaired) electrons. The molecule has 114 valence electrons. The summed E-state index contributed by atoms with van der Waals surface area (Å²) in [5.41, 5.74) is 2.07. The van der Waals surface area contributed by atoms with Crippen molar-refractivity contribution in [1.29, 1.82) is 0 Å². The first-order valence-electron chi connectivity index (χ1n) is 7.55. The lowest BCUT2D eigenvalue weighted by atomic mass is 9.89. The fourth-order valence-electron chi connectivity index (χ4n) is 2.78. The molecule has 2 unspecified atom stereocenters. The molecule has 1 aliphatic carbocycles. The van der Waals surface area contributed by atoms with Gasteiger partial charge >= 0.3 is 5.97 Å². The van der Waals surface area contributed by atoms with Crippen LogP contribution in [0.2, 0.25) is 0 Å². The van der Waals surface area contributed by atoms with Crippen molar-refractivity contribution < 1.29 is 14.3 Å². The Kier molecular flexibility index (Phi) is 4.99. The van der Waals surface area contributed by atoms with E-state index in [0.717, 1.165) is 24.8 Å². The topological polar surface area (TPSA) is 55.4 Å². The Labute approximate surface area is 125 Å². The van der Waals surface area contributed by atoms with Crippen LogP contribution in [0, 0.1) is 12.8 Å². The summed E-state index contributed by atoms with van der Waals surface area (Å²) in [7, 11) is 0. The Balaban J connectivity index is 2.06. The summed E-state index contributed by atoms with van der Waals surface area (Å²) in [6.07, 6.45) is 4.23. The van der Waals surface area contributed by atoms with Crippen LogP contribution in [-0.4, -0.2) is 18.0 Å². The second kappa shape index (κ2) is 6.74. The van der Waals surface area contributed by atoms with E-state index in [1.165, 1.54) is 13.3 Å². The number of benzene rings is 1. The lowest BCUT2D eigenvalue weighted by Crippen LogP contribution is -2.24. The molecule has 0 heterocycles. The molecule has 2 rings (SSSR count). The Morgan fingerprint density at radius 1 is 1.29 bits per heavy atom. The molecule has 1 aliphatic rings. The summed E-state index contributed by atoms with van der Waals surface area (Å²) in [5.74, 6) is 0.162. The van der Waals surface area contributed by atoms with Crippen molar-refractivity contribution >= 4 is 17.6 Å². The van der Waals surface area contributed by atoms with Crippen LogP contribution < -0.4 is 5.32 Å². The van der Waals surface area contributed by atoms with E-state index >= 15 is 0 Å². The Morgan fingerprint density at radius 2 is 2.05 bits per heavy atom. The predicted molar refractivity (Wildman–Crippen MR) is 82.3 cm³/mol. The first kappa shape index (κ1) is 15.5. The Morgan fingerprint density at radius 3 is 2.71 bits per heavy atom. The number of hydrogen-bond donors (Lipinski definition) is 1. The zero-order valence-electron chi connectivity index (χ0n) is 12.9. The Hall–Kier alpha value is -1.84. The number of carbonyl (C=O) groups is 2. The second-order valence-corrected chi connectivity index (χ2v) is 6.01. The molecule has 0 aliphatic heterocycles. The molecule has 1 fully saturated rings. The highest BCUT2D eigenvalue weighted by atomic mass is 16.5. The lowest BCUT2D eigenvalue weighted by molar-refractivity contribution is -0.114. The molecule has 1 amide bonds. The number of anilines is 1. The van der Waals surface area contributed by atoms with E-state index < -0.39 is 0 Å². The van der Waals surface area contributed by atoms with Crippen LogP contribution in [0.1, 0.15) is 55.5 Å². The summed E-state index contributed by atoms with van der Waals surface area (Å²) in [6.45, 7) is 5.54. The van der Waals surface area contributed by atoms with Crippen molar-refractivity contribution in [2.45, 2.75) is 52.6 Å². The van der Waals surface area contributed by atoms with E-state index in [1.54, 1.807) is 12.1 Å². The summed E-state index contributed by atoms with van der Waals surface area (Å²) in [6, 6.07) is 5.26. The van der Waals surface area contributed by atoms with Gasteiger partial charge in [-0.15, -0.1) is 0 Å². The number of rotatable bonds is 3. The molecule has 4 nitrogen and oxygen atoms in total. The van der Waals surface area contributed by atoms with E-state index in [2.05, 4.69) is 12.2 Å². The fourth-order valence-corrected chi connectivity index (χ4v) is 2.78. The SMILES string of the molecule is CC(=O)Nc1cc(C(=O)OC2CCCC(C)C2)ccc1C. The van der Waals surface area contributed by atoms with Crippen LogP contribution in [0.3, 0.4) is 0 Å². The largest absolute Gasteiger partial charge is 0.459 e. The average Bonchev–Trinajstić information content (AvgIpc) is 2.40. The summed E-state index contributed by atoms with van der Waals surface area (Å²) in [5, 5.41) is 2.73. The molecule has 4 heteroatoms. The molecular weight excluding hydrogens is 266 g/mol. The first-order chi connectivity index (χ1) is 9.95. The highest BCUT2D eigenvalue weighted by Crippen LogP contribution is 2.27. The third kappa shape index (κ3) is 4.31. The van der Waals surface area contributed by atoms with E-state index in [4.69, 9.17) is 4.74 Å². The fraction of sp³-hybridized carbons (Fsp3) is 0.529. The maximum absolute atomic E-state index is 12.2. The molecule has 2 atom stereocenters. The van der Waals surface area contributed by atoms with Crippen LogP contribution in [0.5, 0.6) is 0 Å². The van der Waals surface area contributed by atoms with E-state index in [0.29, 0.717) is 17.2 Å². The third-order valence-corrected chi connectivity index (χ3v) is 3.95. The number of nitrogens with one attached hydrogen (secondary N) is 1. The number of aryl methyl sites for hydroxylation is 1. The summed E-state index contributed by atoms with van der Waals surface area (Å²) in [4.78, 5) is 23.4. The maximum Gasteiger partial charge on any atom is 0.338 e. The zero-order valence-corrected chi connectivity index (χ0v) is 12.9. The molecule has 1 saturated carbocycles. The average molecular weight is 289 g/mol. The van der Waals surface area contributed by atoms with Gasteiger partial charge in [-0.2, -0.15) is 0 Å². The van der Waals surface area contributed by atoms with Gasteiger partial charge < -0.3 is 10.1 Å². The smallest absolute Gasteiger partial charge is 0.338 e. The van der Waals surface area contributed by atoms with Crippen molar-refractivity contribution in [2.75, 3.05) is 5.32 Å². The van der Waals surface area contributed by atoms with Gasteiger partial charge in [0.15, 0.2) is 0 Å². The zero-order chi connectivity index (χ0) is 15.4. The molecule has 0 bridgehead atoms. The van der Waals surface area contributed by atoms with E-state index in [1.807, 2.05) is 13.0 Å². The quantitative estimate of drug-likeness (QED) is 0.863. The second-order valence-electron chi connectivity index (χ2n) is 6.01. The first-order valence-corrected chi connectivity index (χ1v) is 7.55. The van der Waals surface area contributed by atoms with Gasteiger partial charge in [0.2, 0.25) is 5.91 Å². The summed E-state index contributed by atoms with van der Waals surface area (Å²) >= 11 is 0. The standard InChI is InChI=1S/C17H23NO3/c1-11-5-4-6-15(9-11)21-17(20)14-8-7-12(2)16(10-14)18-13(3)19/h7-8,10-11,15H,4-6,9H2,1-3H3,(H,18,19). The van der Waals surface area contributed by atoms with Gasteiger partial charge in [-0.25, -0.2) is 4.79 Å². The minimum atomic E-state index is -0.305. The minimum Gasteiger partial charge on any atom is -0.459 e. The maximum atomic E-state index is 12.2. The lowest BCUT2D eigenvalue weighted by Gasteiger charge is -2.26. The van der Waals surface area contributed by atoms with Gasteiger partial charge in [-0.3, -0.25) is 4.79 Å². The monoisotopic (exact) mass is 289 g/mol. The van der Waals surface area contributed by atoms with Gasteiger partial charge in [0, 0.05) is 12.6 Å². The molecule has 0 saturated heterocycles. The van der Waals surface area contributed by atoms with Gasteiger partial charge in [-0.05, 0) is 49.8 Å². The predicted octanol–water partition coefficient (Wildman–Crippen LogP) is 3.69. The number of ether oxygens (including phenoxy) is 1. The van der Waals surface area contributed by atoms with E-state index in [-0.39, 0.29) is 18.0 Å². The van der Waals surface area contributed by atoms with Gasteiger partial charge in [0.05, 0.1) is 5.56 Å². The normalized spacial score (nSPS) is 21.7. The minimum absolute atomic E-state index is 0.0202. The van der Waals surface area contributed by atoms with Crippen LogP contribution in [0.4, 0.5) is 5.69 Å². The van der Waals surface area contributed by atoms with Crippen molar-refractivity contribution in [3.63, 3.8) is 0 Å². The van der Waals surface area contributed by atoms with Crippen molar-refractivity contribution in [3.8, 4) is 0 Å². The molecule has 1 N–H and O–H groups in total. The van der Waals surface area contributed by atoms with E-state index in [9.17, 15) is 9.59 Å². The van der Waals surface area contributed by atoms with Crippen LogP contribution in [-0.2, 0) is 9.53 Å². The van der Waals surface area contributed by atoms with Crippen molar-refractivity contribution in [1.82, 2.24) is 0 Å². The molecular formula is C17H23NO3. The van der Waals surface area contributed by atoms with Crippen LogP contribution in [0.25, 0.3) is 0 Å². The summed E-state index contributed by atoms with van der Waals surface area (Å²) < 4.78 is 5.60. The van der Waals surface area contributed by atoms with Crippen molar-refractivity contribution in [2.24, 2.45) is 5.92 Å². The third-order valence-electron chi connectivity index (χ3n) is 3.95. The molecule has 21 heavy (non-hydrogen) atoms. The van der Waals surface area contributed by atoms with Gasteiger partial charge in [-0.1, -0.05) is 19.4 Å². The highest BCUT2D eigenvalue weighted by Gasteiger charge is 2.23. The molecule has 1 aromatic carbocycles. The molecule has 0 spiro atoms. The van der Waals surface area contributed by atoms with Crippen LogP contribution in [0.15, 0.2) is 18.2 Å². The van der Waals surface area contributed by atoms with Crippen LogP contribution >= 0.6 is 0 Å². The highest BCUT2D eigenvalue weighted by molar-refractivity contribution is 5.94. The Bertz CT molecular complexity index is 539. The molecule has 0 aromatic heterocycles.